The summed E-state index contributed by atoms with van der Waals surface area (Å²) in [6.07, 6.45) is 4.84. The summed E-state index contributed by atoms with van der Waals surface area (Å²) in [5.41, 5.74) is 2.18. The topological polar surface area (TPSA) is 29.9 Å². The van der Waals surface area contributed by atoms with Crippen molar-refractivity contribution in [2.24, 2.45) is 0 Å². The van der Waals surface area contributed by atoms with E-state index in [-0.39, 0.29) is 0 Å². The molecule has 0 spiro atoms. The molecule has 2 aromatic rings. The molecule has 3 nitrogen and oxygen atoms in total. The van der Waals surface area contributed by atoms with E-state index in [0.717, 1.165) is 36.0 Å². The van der Waals surface area contributed by atoms with Gasteiger partial charge in [-0.25, -0.2) is 4.98 Å². The van der Waals surface area contributed by atoms with Crippen molar-refractivity contribution in [2.75, 3.05) is 6.54 Å². The molecule has 96 valence electrons. The maximum atomic E-state index is 6.33. The lowest BCUT2D eigenvalue weighted by atomic mass is 10.2. The summed E-state index contributed by atoms with van der Waals surface area (Å²) in [4.78, 5) is 4.21. The van der Waals surface area contributed by atoms with Crippen LogP contribution >= 0.6 is 11.6 Å². The van der Waals surface area contributed by atoms with Crippen molar-refractivity contribution in [3.05, 3.63) is 47.0 Å². The molecule has 4 heteroatoms. The first-order valence-corrected chi connectivity index (χ1v) is 6.59. The quantitative estimate of drug-likeness (QED) is 0.839. The summed E-state index contributed by atoms with van der Waals surface area (Å²) in [5, 5.41) is 4.12. The molecule has 0 aliphatic heterocycles. The molecular formula is C14H18ClN3. The molecule has 2 rings (SSSR count). The highest BCUT2D eigenvalue weighted by Crippen LogP contribution is 2.22. The van der Waals surface area contributed by atoms with Gasteiger partial charge in [0.2, 0.25) is 0 Å². The van der Waals surface area contributed by atoms with Crippen LogP contribution in [0.3, 0.4) is 0 Å². The smallest absolute Gasteiger partial charge is 0.110 e. The zero-order valence-electron chi connectivity index (χ0n) is 10.8. The Balaban J connectivity index is 2.18. The fourth-order valence-electron chi connectivity index (χ4n) is 1.90. The van der Waals surface area contributed by atoms with Crippen LogP contribution in [0.4, 0.5) is 0 Å². The first-order valence-electron chi connectivity index (χ1n) is 6.22. The fourth-order valence-corrected chi connectivity index (χ4v) is 2.19. The number of imidazole rings is 1. The standard InChI is InChI=1S/C14H18ClN3/c1-3-6-16-10-12-4-5-14(13(15)9-12)18-8-7-17-11(18)2/h4-5,7-9,16H,3,6,10H2,1-2H3. The number of nitrogens with zero attached hydrogens (tertiary/aromatic N) is 2. The third-order valence-electron chi connectivity index (χ3n) is 2.85. The third kappa shape index (κ3) is 2.92. The predicted molar refractivity (Wildman–Crippen MR) is 75.3 cm³/mol. The summed E-state index contributed by atoms with van der Waals surface area (Å²) >= 11 is 6.33. The fraction of sp³-hybridized carbons (Fsp3) is 0.357. The van der Waals surface area contributed by atoms with Crippen LogP contribution in [0.25, 0.3) is 5.69 Å². The highest BCUT2D eigenvalue weighted by Gasteiger charge is 2.06. The van der Waals surface area contributed by atoms with E-state index in [1.165, 1.54) is 5.56 Å². The van der Waals surface area contributed by atoms with E-state index in [1.54, 1.807) is 6.20 Å². The van der Waals surface area contributed by atoms with Crippen LogP contribution < -0.4 is 5.32 Å². The maximum Gasteiger partial charge on any atom is 0.110 e. The zero-order valence-corrected chi connectivity index (χ0v) is 11.5. The van der Waals surface area contributed by atoms with Crippen LogP contribution in [-0.2, 0) is 6.54 Å². The van der Waals surface area contributed by atoms with E-state index in [9.17, 15) is 0 Å². The molecule has 0 aliphatic rings. The summed E-state index contributed by atoms with van der Waals surface area (Å²) in [6, 6.07) is 6.16. The maximum absolute atomic E-state index is 6.33. The summed E-state index contributed by atoms with van der Waals surface area (Å²) in [6.45, 7) is 6.01. The molecule has 0 radical (unpaired) electrons. The Labute approximate surface area is 113 Å². The Morgan fingerprint density at radius 2 is 2.22 bits per heavy atom. The minimum atomic E-state index is 0.756. The highest BCUT2D eigenvalue weighted by molar-refractivity contribution is 6.32. The van der Waals surface area contributed by atoms with E-state index in [2.05, 4.69) is 23.3 Å². The molecule has 0 saturated carbocycles. The molecule has 1 aromatic heterocycles. The van der Waals surface area contributed by atoms with Gasteiger partial charge in [-0.15, -0.1) is 0 Å². The molecule has 0 unspecified atom stereocenters. The van der Waals surface area contributed by atoms with Crippen LogP contribution in [0, 0.1) is 6.92 Å². The average Bonchev–Trinajstić information content (AvgIpc) is 2.76. The molecule has 0 saturated heterocycles. The van der Waals surface area contributed by atoms with Crippen molar-refractivity contribution in [1.29, 1.82) is 0 Å². The zero-order chi connectivity index (χ0) is 13.0. The molecular weight excluding hydrogens is 246 g/mol. The minimum Gasteiger partial charge on any atom is -0.313 e. The van der Waals surface area contributed by atoms with Crippen LogP contribution in [0.15, 0.2) is 30.6 Å². The lowest BCUT2D eigenvalue weighted by Gasteiger charge is -2.10. The number of aromatic nitrogens is 2. The van der Waals surface area contributed by atoms with Crippen molar-refractivity contribution in [1.82, 2.24) is 14.9 Å². The van der Waals surface area contributed by atoms with E-state index in [1.807, 2.05) is 29.8 Å². The predicted octanol–water partition coefficient (Wildman–Crippen LogP) is 3.33. The second kappa shape index (κ2) is 6.03. The molecule has 0 bridgehead atoms. The largest absolute Gasteiger partial charge is 0.313 e. The lowest BCUT2D eigenvalue weighted by Crippen LogP contribution is -2.13. The molecule has 0 atom stereocenters. The normalized spacial score (nSPS) is 10.8. The lowest BCUT2D eigenvalue weighted by molar-refractivity contribution is 0.675. The molecule has 1 aromatic carbocycles. The van der Waals surface area contributed by atoms with Gasteiger partial charge in [0, 0.05) is 18.9 Å². The molecule has 0 fully saturated rings. The number of hydrogen-bond donors (Lipinski definition) is 1. The highest BCUT2D eigenvalue weighted by atomic mass is 35.5. The third-order valence-corrected chi connectivity index (χ3v) is 3.16. The van der Waals surface area contributed by atoms with Crippen molar-refractivity contribution in [2.45, 2.75) is 26.8 Å². The van der Waals surface area contributed by atoms with Gasteiger partial charge in [-0.05, 0) is 37.6 Å². The number of halogens is 1. The number of aryl methyl sites for hydroxylation is 1. The Bertz CT molecular complexity index is 520. The van der Waals surface area contributed by atoms with E-state index < -0.39 is 0 Å². The number of nitrogens with one attached hydrogen (secondary N) is 1. The van der Waals surface area contributed by atoms with Crippen LogP contribution in [0.5, 0.6) is 0 Å². The Morgan fingerprint density at radius 3 is 2.83 bits per heavy atom. The van der Waals surface area contributed by atoms with E-state index >= 15 is 0 Å². The van der Waals surface area contributed by atoms with Crippen molar-refractivity contribution in [3.63, 3.8) is 0 Å². The minimum absolute atomic E-state index is 0.756. The van der Waals surface area contributed by atoms with E-state index in [0.29, 0.717) is 0 Å². The second-order valence-electron chi connectivity index (χ2n) is 4.31. The number of rotatable bonds is 5. The second-order valence-corrected chi connectivity index (χ2v) is 4.71. The van der Waals surface area contributed by atoms with Gasteiger partial charge in [0.25, 0.3) is 0 Å². The Kier molecular flexibility index (Phi) is 4.39. The monoisotopic (exact) mass is 263 g/mol. The van der Waals surface area contributed by atoms with Crippen LogP contribution in [0.2, 0.25) is 5.02 Å². The van der Waals surface area contributed by atoms with Gasteiger partial charge >= 0.3 is 0 Å². The summed E-state index contributed by atoms with van der Waals surface area (Å²) in [7, 11) is 0. The first-order chi connectivity index (χ1) is 8.72. The molecule has 18 heavy (non-hydrogen) atoms. The van der Waals surface area contributed by atoms with Gasteiger partial charge in [-0.1, -0.05) is 24.6 Å². The van der Waals surface area contributed by atoms with Gasteiger partial charge in [-0.2, -0.15) is 0 Å². The van der Waals surface area contributed by atoms with E-state index in [4.69, 9.17) is 11.6 Å². The van der Waals surface area contributed by atoms with Crippen LogP contribution in [-0.4, -0.2) is 16.1 Å². The molecule has 1 N–H and O–H groups in total. The summed E-state index contributed by atoms with van der Waals surface area (Å²) < 4.78 is 1.99. The first kappa shape index (κ1) is 13.1. The Hall–Kier alpha value is -1.32. The van der Waals surface area contributed by atoms with Crippen LogP contribution in [0.1, 0.15) is 24.7 Å². The van der Waals surface area contributed by atoms with Gasteiger partial charge < -0.3 is 9.88 Å². The van der Waals surface area contributed by atoms with Gasteiger partial charge in [0.15, 0.2) is 0 Å². The van der Waals surface area contributed by atoms with Crippen molar-refractivity contribution < 1.29 is 0 Å². The summed E-state index contributed by atoms with van der Waals surface area (Å²) in [5.74, 6) is 0.939. The van der Waals surface area contributed by atoms with Crippen molar-refractivity contribution in [3.8, 4) is 5.69 Å². The number of benzene rings is 1. The molecule has 1 heterocycles. The number of hydrogen-bond acceptors (Lipinski definition) is 2. The molecule has 0 aliphatic carbocycles. The average molecular weight is 264 g/mol. The van der Waals surface area contributed by atoms with Gasteiger partial charge in [-0.3, -0.25) is 0 Å². The Morgan fingerprint density at radius 1 is 1.39 bits per heavy atom. The van der Waals surface area contributed by atoms with Gasteiger partial charge in [0.1, 0.15) is 5.82 Å². The van der Waals surface area contributed by atoms with Gasteiger partial charge in [0.05, 0.1) is 10.7 Å². The van der Waals surface area contributed by atoms with Crippen molar-refractivity contribution >= 4 is 11.6 Å². The SMILES string of the molecule is CCCNCc1ccc(-n2ccnc2C)c(Cl)c1. The molecule has 0 amide bonds.